The first kappa shape index (κ1) is 14.1. The van der Waals surface area contributed by atoms with Crippen molar-refractivity contribution in [1.82, 2.24) is 5.32 Å². The first-order chi connectivity index (χ1) is 7.50. The molecule has 0 aliphatic heterocycles. The highest BCUT2D eigenvalue weighted by molar-refractivity contribution is 6.33. The summed E-state index contributed by atoms with van der Waals surface area (Å²) in [6, 6.07) is 5.47. The second-order valence-corrected chi connectivity index (χ2v) is 5.25. The third-order valence-corrected chi connectivity index (χ3v) is 3.98. The van der Waals surface area contributed by atoms with Crippen molar-refractivity contribution in [3.8, 4) is 0 Å². The van der Waals surface area contributed by atoms with Crippen LogP contribution >= 0.6 is 34.8 Å². The third kappa shape index (κ3) is 3.81. The summed E-state index contributed by atoms with van der Waals surface area (Å²) in [7, 11) is 0. The lowest BCUT2D eigenvalue weighted by Gasteiger charge is -2.27. The minimum atomic E-state index is -0.0623. The minimum Gasteiger partial charge on any atom is -0.306 e. The third-order valence-electron chi connectivity index (χ3n) is 2.79. The smallest absolute Gasteiger partial charge is 0.0451 e. The number of halogens is 3. The first-order valence-electron chi connectivity index (χ1n) is 5.25. The van der Waals surface area contributed by atoms with Gasteiger partial charge in [-0.25, -0.2) is 0 Å². The van der Waals surface area contributed by atoms with E-state index in [0.29, 0.717) is 17.4 Å². The molecular formula is C12H16Cl3N. The molecule has 1 unspecified atom stereocenters. The van der Waals surface area contributed by atoms with Gasteiger partial charge in [0.2, 0.25) is 0 Å². The Balaban J connectivity index is 2.70. The predicted molar refractivity (Wildman–Crippen MR) is 72.7 cm³/mol. The highest BCUT2D eigenvalue weighted by Gasteiger charge is 2.19. The quantitative estimate of drug-likeness (QED) is 0.784. The van der Waals surface area contributed by atoms with Gasteiger partial charge in [0.25, 0.3) is 0 Å². The number of hydrogen-bond acceptors (Lipinski definition) is 1. The molecule has 1 nitrogen and oxygen atoms in total. The van der Waals surface area contributed by atoms with Gasteiger partial charge in [0.15, 0.2) is 0 Å². The van der Waals surface area contributed by atoms with Gasteiger partial charge in [-0.2, -0.15) is 0 Å². The molecule has 1 rings (SSSR count). The topological polar surface area (TPSA) is 12.0 Å². The summed E-state index contributed by atoms with van der Waals surface area (Å²) in [6.45, 7) is 4.88. The Bertz CT molecular complexity index is 348. The summed E-state index contributed by atoms with van der Waals surface area (Å²) < 4.78 is 0. The second-order valence-electron chi connectivity index (χ2n) is 4.14. The molecule has 0 heterocycles. The molecule has 90 valence electrons. The molecule has 0 saturated heterocycles. The van der Waals surface area contributed by atoms with Crippen LogP contribution in [0.3, 0.4) is 0 Å². The van der Waals surface area contributed by atoms with Crippen molar-refractivity contribution in [3.63, 3.8) is 0 Å². The molecule has 1 N–H and O–H groups in total. The van der Waals surface area contributed by atoms with Crippen LogP contribution in [0.2, 0.25) is 10.0 Å². The zero-order valence-electron chi connectivity index (χ0n) is 9.49. The highest BCUT2D eigenvalue weighted by atomic mass is 35.5. The van der Waals surface area contributed by atoms with Crippen LogP contribution < -0.4 is 5.32 Å². The molecule has 1 atom stereocenters. The lowest BCUT2D eigenvalue weighted by Crippen LogP contribution is -2.43. The van der Waals surface area contributed by atoms with E-state index in [1.54, 1.807) is 6.07 Å². The average Bonchev–Trinajstić information content (AvgIpc) is 2.30. The lowest BCUT2D eigenvalue weighted by molar-refractivity contribution is 0.379. The van der Waals surface area contributed by atoms with Gasteiger partial charge in [0, 0.05) is 28.0 Å². The van der Waals surface area contributed by atoms with Crippen molar-refractivity contribution in [3.05, 3.63) is 33.8 Å². The molecule has 0 amide bonds. The molecule has 0 aliphatic rings. The van der Waals surface area contributed by atoms with E-state index in [1.807, 2.05) is 12.1 Å². The Kier molecular flexibility index (Phi) is 5.39. The number of rotatable bonds is 5. The molecule has 0 aromatic heterocycles. The van der Waals surface area contributed by atoms with Crippen LogP contribution in [0.15, 0.2) is 18.2 Å². The summed E-state index contributed by atoms with van der Waals surface area (Å²) in [5.41, 5.74) is 0.937. The van der Waals surface area contributed by atoms with Gasteiger partial charge in [0.05, 0.1) is 0 Å². The lowest BCUT2D eigenvalue weighted by atomic mass is 10.0. The second kappa shape index (κ2) is 6.11. The number of nitrogens with one attached hydrogen (secondary N) is 1. The maximum Gasteiger partial charge on any atom is 0.0451 e. The van der Waals surface area contributed by atoms with E-state index >= 15 is 0 Å². The molecule has 0 spiro atoms. The molecular weight excluding hydrogens is 264 g/mol. The van der Waals surface area contributed by atoms with E-state index in [1.165, 1.54) is 0 Å². The number of hydrogen-bond donors (Lipinski definition) is 1. The fourth-order valence-corrected chi connectivity index (χ4v) is 1.92. The maximum absolute atomic E-state index is 6.08. The Labute approximate surface area is 112 Å². The van der Waals surface area contributed by atoms with E-state index in [-0.39, 0.29) is 5.54 Å². The van der Waals surface area contributed by atoms with Crippen LogP contribution in [-0.4, -0.2) is 11.4 Å². The summed E-state index contributed by atoms with van der Waals surface area (Å²) >= 11 is 17.9. The van der Waals surface area contributed by atoms with Crippen LogP contribution in [0.4, 0.5) is 0 Å². The molecule has 0 bridgehead atoms. The van der Waals surface area contributed by atoms with Gasteiger partial charge in [-0.3, -0.25) is 0 Å². The van der Waals surface area contributed by atoms with Crippen LogP contribution in [0, 0.1) is 0 Å². The summed E-state index contributed by atoms with van der Waals surface area (Å²) in [5.74, 6) is 0.571. The van der Waals surface area contributed by atoms with E-state index in [0.717, 1.165) is 17.0 Å². The van der Waals surface area contributed by atoms with E-state index < -0.39 is 0 Å². The summed E-state index contributed by atoms with van der Waals surface area (Å²) in [5, 5.41) is 4.83. The molecule has 4 heteroatoms. The normalized spacial score (nSPS) is 14.8. The van der Waals surface area contributed by atoms with E-state index in [4.69, 9.17) is 34.8 Å². The zero-order chi connectivity index (χ0) is 12.2. The molecule has 1 aromatic rings. The molecule has 0 saturated carbocycles. The maximum atomic E-state index is 6.08. The SMILES string of the molecule is CCC(C)(CCl)NCc1cc(Cl)ccc1Cl. The van der Waals surface area contributed by atoms with Crippen molar-refractivity contribution in [2.24, 2.45) is 0 Å². The van der Waals surface area contributed by atoms with Crippen LogP contribution in [-0.2, 0) is 6.54 Å². The summed E-state index contributed by atoms with van der Waals surface area (Å²) in [6.07, 6.45) is 0.967. The molecule has 0 fully saturated rings. The Morgan fingerprint density at radius 2 is 2.00 bits per heavy atom. The fourth-order valence-electron chi connectivity index (χ4n) is 1.25. The van der Waals surface area contributed by atoms with Crippen molar-refractivity contribution >= 4 is 34.8 Å². The van der Waals surface area contributed by atoms with Gasteiger partial charge in [-0.1, -0.05) is 30.1 Å². The summed E-state index contributed by atoms with van der Waals surface area (Å²) in [4.78, 5) is 0. The average molecular weight is 281 g/mol. The first-order valence-corrected chi connectivity index (χ1v) is 6.55. The highest BCUT2D eigenvalue weighted by Crippen LogP contribution is 2.21. The standard InChI is InChI=1S/C12H16Cl3N/c1-3-12(2,8-13)16-7-9-6-10(14)4-5-11(9)15/h4-6,16H,3,7-8H2,1-2H3. The monoisotopic (exact) mass is 279 g/mol. The number of alkyl halides is 1. The van der Waals surface area contributed by atoms with Gasteiger partial charge < -0.3 is 5.32 Å². The molecule has 16 heavy (non-hydrogen) atoms. The van der Waals surface area contributed by atoms with Gasteiger partial charge in [-0.05, 0) is 37.1 Å². The van der Waals surface area contributed by atoms with Crippen LogP contribution in [0.1, 0.15) is 25.8 Å². The minimum absolute atomic E-state index is 0.0623. The zero-order valence-corrected chi connectivity index (χ0v) is 11.8. The van der Waals surface area contributed by atoms with E-state index in [2.05, 4.69) is 19.2 Å². The largest absolute Gasteiger partial charge is 0.306 e. The molecule has 0 radical (unpaired) electrons. The van der Waals surface area contributed by atoms with Crippen molar-refractivity contribution in [1.29, 1.82) is 0 Å². The van der Waals surface area contributed by atoms with Crippen molar-refractivity contribution < 1.29 is 0 Å². The molecule has 1 aromatic carbocycles. The number of benzene rings is 1. The van der Waals surface area contributed by atoms with E-state index in [9.17, 15) is 0 Å². The van der Waals surface area contributed by atoms with Crippen LogP contribution in [0.5, 0.6) is 0 Å². The Hall–Kier alpha value is 0.0500. The van der Waals surface area contributed by atoms with Crippen molar-refractivity contribution in [2.75, 3.05) is 5.88 Å². The fraction of sp³-hybridized carbons (Fsp3) is 0.500. The van der Waals surface area contributed by atoms with Gasteiger partial charge >= 0.3 is 0 Å². The predicted octanol–water partition coefficient (Wildman–Crippen LogP) is 4.49. The molecule has 0 aliphatic carbocycles. The Morgan fingerprint density at radius 3 is 2.56 bits per heavy atom. The van der Waals surface area contributed by atoms with Gasteiger partial charge in [-0.15, -0.1) is 11.6 Å². The van der Waals surface area contributed by atoms with Crippen molar-refractivity contribution in [2.45, 2.75) is 32.4 Å². The Morgan fingerprint density at radius 1 is 1.31 bits per heavy atom. The van der Waals surface area contributed by atoms with Crippen LogP contribution in [0.25, 0.3) is 0 Å². The van der Waals surface area contributed by atoms with Gasteiger partial charge in [0.1, 0.15) is 0 Å².